The Kier molecular flexibility index (Phi) is 11.7. The van der Waals surface area contributed by atoms with E-state index in [2.05, 4.69) is 6.58 Å². The number of hydrogen-bond acceptors (Lipinski definition) is 8. The fourth-order valence-electron chi connectivity index (χ4n) is 4.39. The zero-order valence-corrected chi connectivity index (χ0v) is 22.6. The van der Waals surface area contributed by atoms with Gasteiger partial charge in [0.15, 0.2) is 6.29 Å². The van der Waals surface area contributed by atoms with Crippen LogP contribution in [0.3, 0.4) is 0 Å². The summed E-state index contributed by atoms with van der Waals surface area (Å²) in [5, 5.41) is 0. The Balaban J connectivity index is 1.59. The summed E-state index contributed by atoms with van der Waals surface area (Å²) in [6, 6.07) is 29.5. The van der Waals surface area contributed by atoms with Crippen molar-refractivity contribution in [2.45, 2.75) is 50.5 Å². The van der Waals surface area contributed by atoms with Gasteiger partial charge in [0.1, 0.15) is 37.6 Å². The first kappa shape index (κ1) is 29.5. The molecule has 0 N–H and O–H groups in total. The van der Waals surface area contributed by atoms with Crippen molar-refractivity contribution in [1.29, 1.82) is 0 Å². The van der Waals surface area contributed by atoms with E-state index in [0.29, 0.717) is 19.8 Å². The van der Waals surface area contributed by atoms with Crippen LogP contribution in [0.4, 0.5) is 4.79 Å². The first-order valence-electron chi connectivity index (χ1n) is 13.2. The van der Waals surface area contributed by atoms with Gasteiger partial charge in [-0.05, 0) is 16.7 Å². The normalized spacial score (nSPS) is 22.4. The van der Waals surface area contributed by atoms with Crippen LogP contribution in [0.15, 0.2) is 104 Å². The fourth-order valence-corrected chi connectivity index (χ4v) is 4.39. The van der Waals surface area contributed by atoms with E-state index in [9.17, 15) is 4.79 Å². The van der Waals surface area contributed by atoms with Gasteiger partial charge in [-0.25, -0.2) is 4.79 Å². The Morgan fingerprint density at radius 2 is 1.20 bits per heavy atom. The maximum absolute atomic E-state index is 12.1. The van der Waals surface area contributed by atoms with Crippen LogP contribution in [0, 0.1) is 0 Å². The van der Waals surface area contributed by atoms with Crippen molar-refractivity contribution >= 4 is 6.16 Å². The zero-order chi connectivity index (χ0) is 28.0. The van der Waals surface area contributed by atoms with Crippen molar-refractivity contribution in [2.75, 3.05) is 20.3 Å². The molecule has 8 heteroatoms. The highest BCUT2D eigenvalue weighted by Gasteiger charge is 2.49. The maximum atomic E-state index is 12.1. The second-order valence-electron chi connectivity index (χ2n) is 9.22. The van der Waals surface area contributed by atoms with Gasteiger partial charge in [0, 0.05) is 7.11 Å². The molecule has 0 spiro atoms. The molecule has 1 aliphatic rings. The monoisotopic (exact) mass is 548 g/mol. The van der Waals surface area contributed by atoms with E-state index in [1.54, 1.807) is 7.11 Å². The molecule has 0 amide bonds. The van der Waals surface area contributed by atoms with Gasteiger partial charge in [-0.3, -0.25) is 0 Å². The highest BCUT2D eigenvalue weighted by molar-refractivity contribution is 5.59. The van der Waals surface area contributed by atoms with Crippen LogP contribution in [-0.4, -0.2) is 57.2 Å². The third kappa shape index (κ3) is 8.74. The molecule has 5 atom stereocenters. The molecule has 0 aromatic heterocycles. The average Bonchev–Trinajstić information content (AvgIpc) is 3.01. The van der Waals surface area contributed by atoms with Crippen LogP contribution in [0.1, 0.15) is 16.7 Å². The number of hydrogen-bond donors (Lipinski definition) is 0. The molecular formula is C32H36O8. The van der Waals surface area contributed by atoms with E-state index < -0.39 is 36.9 Å². The highest BCUT2D eigenvalue weighted by Crippen LogP contribution is 2.31. The van der Waals surface area contributed by atoms with Crippen LogP contribution < -0.4 is 0 Å². The highest BCUT2D eigenvalue weighted by atomic mass is 16.7. The molecule has 1 fully saturated rings. The van der Waals surface area contributed by atoms with Crippen LogP contribution >= 0.6 is 0 Å². The molecule has 0 saturated carbocycles. The van der Waals surface area contributed by atoms with Crippen molar-refractivity contribution in [3.05, 3.63) is 120 Å². The summed E-state index contributed by atoms with van der Waals surface area (Å²) in [6.45, 7) is 4.38. The molecule has 0 radical (unpaired) electrons. The van der Waals surface area contributed by atoms with Crippen LogP contribution in [-0.2, 0) is 53.0 Å². The number of ether oxygens (including phenoxy) is 7. The molecule has 212 valence electrons. The quantitative estimate of drug-likeness (QED) is 0.194. The van der Waals surface area contributed by atoms with Gasteiger partial charge in [0.25, 0.3) is 0 Å². The predicted molar refractivity (Wildman–Crippen MR) is 148 cm³/mol. The van der Waals surface area contributed by atoms with E-state index in [4.69, 9.17) is 33.2 Å². The van der Waals surface area contributed by atoms with E-state index in [-0.39, 0.29) is 13.2 Å². The van der Waals surface area contributed by atoms with E-state index in [1.807, 2.05) is 91.0 Å². The summed E-state index contributed by atoms with van der Waals surface area (Å²) in [5.41, 5.74) is 2.97. The minimum Gasteiger partial charge on any atom is -0.431 e. The van der Waals surface area contributed by atoms with Gasteiger partial charge in [-0.15, -0.1) is 0 Å². The topological polar surface area (TPSA) is 81.7 Å². The van der Waals surface area contributed by atoms with Crippen LogP contribution in [0.5, 0.6) is 0 Å². The van der Waals surface area contributed by atoms with Gasteiger partial charge in [0.2, 0.25) is 0 Å². The molecule has 40 heavy (non-hydrogen) atoms. The molecule has 1 heterocycles. The van der Waals surface area contributed by atoms with Crippen molar-refractivity contribution in [2.24, 2.45) is 0 Å². The molecule has 3 aromatic carbocycles. The Bertz CT molecular complexity index is 1140. The average molecular weight is 549 g/mol. The molecule has 1 saturated heterocycles. The number of rotatable bonds is 14. The maximum Gasteiger partial charge on any atom is 0.508 e. The van der Waals surface area contributed by atoms with Crippen molar-refractivity contribution in [3.63, 3.8) is 0 Å². The molecule has 0 unspecified atom stereocenters. The Morgan fingerprint density at radius 3 is 1.68 bits per heavy atom. The molecule has 4 rings (SSSR count). The lowest BCUT2D eigenvalue weighted by atomic mass is 9.98. The molecule has 8 nitrogen and oxygen atoms in total. The lowest BCUT2D eigenvalue weighted by Gasteiger charge is -2.45. The van der Waals surface area contributed by atoms with E-state index in [1.165, 1.54) is 6.08 Å². The Morgan fingerprint density at radius 1 is 0.725 bits per heavy atom. The molecule has 0 aliphatic carbocycles. The summed E-state index contributed by atoms with van der Waals surface area (Å²) in [4.78, 5) is 12.1. The molecule has 0 bridgehead atoms. The van der Waals surface area contributed by atoms with Gasteiger partial charge in [-0.2, -0.15) is 0 Å². The minimum atomic E-state index is -0.830. The third-order valence-electron chi connectivity index (χ3n) is 6.36. The molecular weight excluding hydrogens is 512 g/mol. The Hall–Kier alpha value is -3.53. The number of benzene rings is 3. The van der Waals surface area contributed by atoms with E-state index >= 15 is 0 Å². The lowest BCUT2D eigenvalue weighted by Crippen LogP contribution is -2.61. The summed E-state index contributed by atoms with van der Waals surface area (Å²) >= 11 is 0. The first-order chi connectivity index (χ1) is 19.7. The smallest absolute Gasteiger partial charge is 0.431 e. The van der Waals surface area contributed by atoms with Gasteiger partial charge in [-0.1, -0.05) is 104 Å². The lowest BCUT2D eigenvalue weighted by molar-refractivity contribution is -0.321. The fraction of sp³-hybridized carbons (Fsp3) is 0.344. The SMILES string of the molecule is C=CCOC(=O)OC[C@H]1O[C@H](OC)[C@H](OCc2ccccc2)[C@@H](OCc2ccccc2)[C@@H]1OCc1ccccc1. The van der Waals surface area contributed by atoms with Gasteiger partial charge < -0.3 is 33.2 Å². The third-order valence-corrected chi connectivity index (χ3v) is 6.36. The number of carbonyl (C=O) groups is 1. The van der Waals surface area contributed by atoms with Crippen molar-refractivity contribution in [3.8, 4) is 0 Å². The van der Waals surface area contributed by atoms with Crippen molar-refractivity contribution < 1.29 is 38.0 Å². The summed E-state index contributed by atoms with van der Waals surface area (Å²) in [6.07, 6.45) is -2.82. The number of methoxy groups -OCH3 is 1. The number of carbonyl (C=O) groups excluding carboxylic acids is 1. The summed E-state index contributed by atoms with van der Waals surface area (Å²) in [7, 11) is 1.54. The van der Waals surface area contributed by atoms with Gasteiger partial charge >= 0.3 is 6.16 Å². The molecule has 1 aliphatic heterocycles. The second-order valence-corrected chi connectivity index (χ2v) is 9.22. The zero-order valence-electron chi connectivity index (χ0n) is 22.6. The predicted octanol–water partition coefficient (Wildman–Crippen LogP) is 5.45. The second kappa shape index (κ2) is 15.9. The summed E-state index contributed by atoms with van der Waals surface area (Å²) < 4.78 is 41.7. The van der Waals surface area contributed by atoms with Crippen molar-refractivity contribution in [1.82, 2.24) is 0 Å². The van der Waals surface area contributed by atoms with E-state index in [0.717, 1.165) is 16.7 Å². The Labute approximate surface area is 235 Å². The van der Waals surface area contributed by atoms with Crippen LogP contribution in [0.2, 0.25) is 0 Å². The standard InChI is InChI=1S/C32H36O8/c1-3-19-35-32(33)39-23-27-28(36-20-24-13-7-4-8-14-24)29(37-21-25-15-9-5-10-16-25)30(31(34-2)40-27)38-22-26-17-11-6-12-18-26/h3-18,27-31H,1,19-23H2,2H3/t27-,28-,29+,30-,31+/m1/s1. The summed E-state index contributed by atoms with van der Waals surface area (Å²) in [5.74, 6) is 0. The van der Waals surface area contributed by atoms with Crippen LogP contribution in [0.25, 0.3) is 0 Å². The molecule has 3 aromatic rings. The first-order valence-corrected chi connectivity index (χ1v) is 13.2. The minimum absolute atomic E-state index is 0.0389. The largest absolute Gasteiger partial charge is 0.508 e. The van der Waals surface area contributed by atoms with Gasteiger partial charge in [0.05, 0.1) is 19.8 Å².